The standard InChI is InChI=1S/C14H18N2O/c17-11-14(8-12-4-2-1-3-5-12)16-10-13-6-7-15-9-13/h1-7,9,14-17H,8,10-11H2. The average molecular weight is 230 g/mol. The van der Waals surface area contributed by atoms with Crippen LogP contribution in [0.1, 0.15) is 11.1 Å². The minimum absolute atomic E-state index is 0.104. The summed E-state index contributed by atoms with van der Waals surface area (Å²) >= 11 is 0. The number of hydrogen-bond donors (Lipinski definition) is 3. The van der Waals surface area contributed by atoms with Crippen LogP contribution in [-0.2, 0) is 13.0 Å². The third-order valence-corrected chi connectivity index (χ3v) is 2.80. The maximum atomic E-state index is 9.35. The van der Waals surface area contributed by atoms with Gasteiger partial charge in [0.05, 0.1) is 6.61 Å². The minimum atomic E-state index is 0.104. The van der Waals surface area contributed by atoms with E-state index in [-0.39, 0.29) is 12.6 Å². The number of aromatic amines is 1. The quantitative estimate of drug-likeness (QED) is 0.707. The second-order valence-corrected chi connectivity index (χ2v) is 4.17. The summed E-state index contributed by atoms with van der Waals surface area (Å²) in [6.07, 6.45) is 4.72. The molecule has 0 saturated carbocycles. The van der Waals surface area contributed by atoms with Crippen molar-refractivity contribution < 1.29 is 5.11 Å². The van der Waals surface area contributed by atoms with Crippen molar-refractivity contribution in [3.63, 3.8) is 0 Å². The normalized spacial score (nSPS) is 12.5. The predicted octanol–water partition coefficient (Wildman–Crippen LogP) is 1.71. The van der Waals surface area contributed by atoms with E-state index in [1.807, 2.05) is 36.7 Å². The van der Waals surface area contributed by atoms with Crippen LogP contribution in [-0.4, -0.2) is 22.7 Å². The largest absolute Gasteiger partial charge is 0.395 e. The van der Waals surface area contributed by atoms with E-state index in [0.717, 1.165) is 13.0 Å². The van der Waals surface area contributed by atoms with Gasteiger partial charge in [-0.05, 0) is 23.6 Å². The molecule has 0 amide bonds. The zero-order valence-electron chi connectivity index (χ0n) is 9.76. The van der Waals surface area contributed by atoms with E-state index < -0.39 is 0 Å². The lowest BCUT2D eigenvalue weighted by molar-refractivity contribution is 0.241. The van der Waals surface area contributed by atoms with E-state index in [9.17, 15) is 5.11 Å². The lowest BCUT2D eigenvalue weighted by Gasteiger charge is -2.15. The molecule has 0 aliphatic rings. The van der Waals surface area contributed by atoms with Gasteiger partial charge >= 0.3 is 0 Å². The number of aliphatic hydroxyl groups is 1. The number of rotatable bonds is 6. The van der Waals surface area contributed by atoms with Gasteiger partial charge in [-0.15, -0.1) is 0 Å². The van der Waals surface area contributed by atoms with Gasteiger partial charge in [0.25, 0.3) is 0 Å². The second-order valence-electron chi connectivity index (χ2n) is 4.17. The maximum Gasteiger partial charge on any atom is 0.0587 e. The van der Waals surface area contributed by atoms with Gasteiger partial charge in [0, 0.05) is 25.0 Å². The molecule has 3 nitrogen and oxygen atoms in total. The molecule has 17 heavy (non-hydrogen) atoms. The molecule has 0 bridgehead atoms. The van der Waals surface area contributed by atoms with Crippen molar-refractivity contribution in [2.45, 2.75) is 19.0 Å². The van der Waals surface area contributed by atoms with Crippen LogP contribution >= 0.6 is 0 Å². The highest BCUT2D eigenvalue weighted by Gasteiger charge is 2.07. The molecule has 90 valence electrons. The topological polar surface area (TPSA) is 48.0 Å². The molecular weight excluding hydrogens is 212 g/mol. The number of hydrogen-bond acceptors (Lipinski definition) is 2. The molecule has 0 aliphatic carbocycles. The molecule has 2 rings (SSSR count). The SMILES string of the molecule is OCC(Cc1ccccc1)NCc1cc[nH]c1. The van der Waals surface area contributed by atoms with E-state index in [0.29, 0.717) is 0 Å². The molecule has 1 atom stereocenters. The predicted molar refractivity (Wildman–Crippen MR) is 68.7 cm³/mol. The molecule has 0 fully saturated rings. The third-order valence-electron chi connectivity index (χ3n) is 2.80. The van der Waals surface area contributed by atoms with Crippen molar-refractivity contribution in [3.8, 4) is 0 Å². The zero-order chi connectivity index (χ0) is 11.9. The number of aromatic nitrogens is 1. The second kappa shape index (κ2) is 6.23. The number of aliphatic hydroxyl groups excluding tert-OH is 1. The Morgan fingerprint density at radius 3 is 2.59 bits per heavy atom. The first-order valence-electron chi connectivity index (χ1n) is 5.88. The Morgan fingerprint density at radius 1 is 1.12 bits per heavy atom. The van der Waals surface area contributed by atoms with Crippen LogP contribution in [0.2, 0.25) is 0 Å². The molecular formula is C14H18N2O. The van der Waals surface area contributed by atoms with Gasteiger partial charge in [0.1, 0.15) is 0 Å². The molecule has 0 saturated heterocycles. The van der Waals surface area contributed by atoms with Crippen molar-refractivity contribution in [1.29, 1.82) is 0 Å². The van der Waals surface area contributed by atoms with Crippen molar-refractivity contribution in [2.75, 3.05) is 6.61 Å². The summed E-state index contributed by atoms with van der Waals surface area (Å²) in [7, 11) is 0. The molecule has 2 aromatic rings. The molecule has 1 heterocycles. The van der Waals surface area contributed by atoms with E-state index in [1.165, 1.54) is 11.1 Å². The Labute approximate surface area is 102 Å². The molecule has 3 N–H and O–H groups in total. The van der Waals surface area contributed by atoms with E-state index in [4.69, 9.17) is 0 Å². The minimum Gasteiger partial charge on any atom is -0.395 e. The monoisotopic (exact) mass is 230 g/mol. The molecule has 0 spiro atoms. The lowest BCUT2D eigenvalue weighted by atomic mass is 10.1. The highest BCUT2D eigenvalue weighted by molar-refractivity contribution is 5.16. The summed E-state index contributed by atoms with van der Waals surface area (Å²) in [6.45, 7) is 0.931. The first-order valence-corrected chi connectivity index (χ1v) is 5.88. The van der Waals surface area contributed by atoms with Gasteiger partial charge in [-0.1, -0.05) is 30.3 Å². The Bertz CT molecular complexity index is 411. The lowest BCUT2D eigenvalue weighted by Crippen LogP contribution is -2.33. The van der Waals surface area contributed by atoms with Crippen LogP contribution < -0.4 is 5.32 Å². The van der Waals surface area contributed by atoms with E-state index in [1.54, 1.807) is 0 Å². The fourth-order valence-electron chi connectivity index (χ4n) is 1.83. The molecule has 3 heteroatoms. The van der Waals surface area contributed by atoms with Gasteiger partial charge in [0.2, 0.25) is 0 Å². The summed E-state index contributed by atoms with van der Waals surface area (Å²) in [5.74, 6) is 0. The first-order chi connectivity index (χ1) is 8.38. The molecule has 1 aromatic carbocycles. The highest BCUT2D eigenvalue weighted by Crippen LogP contribution is 2.04. The van der Waals surface area contributed by atoms with Gasteiger partial charge in [0.15, 0.2) is 0 Å². The number of nitrogens with one attached hydrogen (secondary N) is 2. The van der Waals surface area contributed by atoms with Crippen molar-refractivity contribution >= 4 is 0 Å². The fraction of sp³-hybridized carbons (Fsp3) is 0.286. The van der Waals surface area contributed by atoms with Crippen molar-refractivity contribution in [3.05, 3.63) is 59.9 Å². The summed E-state index contributed by atoms with van der Waals surface area (Å²) in [5.41, 5.74) is 2.45. The molecule has 1 aromatic heterocycles. The van der Waals surface area contributed by atoms with Crippen LogP contribution in [0.4, 0.5) is 0 Å². The van der Waals surface area contributed by atoms with Crippen LogP contribution in [0, 0.1) is 0 Å². The Hall–Kier alpha value is -1.58. The smallest absolute Gasteiger partial charge is 0.0587 e. The van der Waals surface area contributed by atoms with Gasteiger partial charge < -0.3 is 15.4 Å². The summed E-state index contributed by atoms with van der Waals surface area (Å²) in [6, 6.07) is 12.4. The van der Waals surface area contributed by atoms with Gasteiger partial charge in [-0.25, -0.2) is 0 Å². The summed E-state index contributed by atoms with van der Waals surface area (Å²) < 4.78 is 0. The first kappa shape index (κ1) is 11.9. The summed E-state index contributed by atoms with van der Waals surface area (Å²) in [5, 5.41) is 12.7. The molecule has 0 radical (unpaired) electrons. The van der Waals surface area contributed by atoms with Crippen LogP contribution in [0.3, 0.4) is 0 Å². The van der Waals surface area contributed by atoms with E-state index >= 15 is 0 Å². The van der Waals surface area contributed by atoms with Crippen LogP contribution in [0.15, 0.2) is 48.8 Å². The maximum absolute atomic E-state index is 9.35. The molecule has 1 unspecified atom stereocenters. The van der Waals surface area contributed by atoms with Crippen molar-refractivity contribution in [1.82, 2.24) is 10.3 Å². The van der Waals surface area contributed by atoms with E-state index in [2.05, 4.69) is 22.4 Å². The fourth-order valence-corrected chi connectivity index (χ4v) is 1.83. The van der Waals surface area contributed by atoms with Crippen LogP contribution in [0.25, 0.3) is 0 Å². The average Bonchev–Trinajstić information content (AvgIpc) is 2.89. The van der Waals surface area contributed by atoms with Crippen LogP contribution in [0.5, 0.6) is 0 Å². The zero-order valence-corrected chi connectivity index (χ0v) is 9.76. The van der Waals surface area contributed by atoms with Crippen molar-refractivity contribution in [2.24, 2.45) is 0 Å². The Morgan fingerprint density at radius 2 is 1.94 bits per heavy atom. The van der Waals surface area contributed by atoms with Gasteiger partial charge in [-0.2, -0.15) is 0 Å². The Balaban J connectivity index is 1.85. The van der Waals surface area contributed by atoms with Gasteiger partial charge in [-0.3, -0.25) is 0 Å². The number of H-pyrrole nitrogens is 1. The highest BCUT2D eigenvalue weighted by atomic mass is 16.3. The Kier molecular flexibility index (Phi) is 4.36. The number of benzene rings is 1. The third kappa shape index (κ3) is 3.73. The summed E-state index contributed by atoms with van der Waals surface area (Å²) in [4.78, 5) is 3.02. The molecule has 0 aliphatic heterocycles.